The molecule has 1 aliphatic carbocycles. The molecule has 21 heavy (non-hydrogen) atoms. The van der Waals surface area contributed by atoms with Crippen LogP contribution in [0.3, 0.4) is 0 Å². The Morgan fingerprint density at radius 1 is 1.38 bits per heavy atom. The van der Waals surface area contributed by atoms with E-state index in [1.807, 2.05) is 6.92 Å². The topological polar surface area (TPSA) is 107 Å². The van der Waals surface area contributed by atoms with Crippen molar-refractivity contribution in [3.63, 3.8) is 0 Å². The number of carbonyl (C=O) groups excluding carboxylic acids is 1. The normalized spacial score (nSPS) is 17.2. The smallest absolute Gasteiger partial charge is 0.315 e. The van der Waals surface area contributed by atoms with Crippen molar-refractivity contribution in [1.29, 1.82) is 0 Å². The average Bonchev–Trinajstić information content (AvgIpc) is 2.82. The van der Waals surface area contributed by atoms with Crippen LogP contribution < -0.4 is 10.6 Å². The van der Waals surface area contributed by atoms with E-state index in [0.717, 1.165) is 43.4 Å². The van der Waals surface area contributed by atoms with Gasteiger partial charge in [0.15, 0.2) is 0 Å². The largest absolute Gasteiger partial charge is 0.481 e. The number of carboxylic acids is 1. The number of nitrogens with one attached hydrogen (secondary N) is 3. The molecular weight excluding hydrogens is 272 g/mol. The zero-order valence-corrected chi connectivity index (χ0v) is 12.2. The summed E-state index contributed by atoms with van der Waals surface area (Å²) >= 11 is 0. The number of hydrogen-bond donors (Lipinski definition) is 4. The van der Waals surface area contributed by atoms with Crippen LogP contribution in [0, 0.1) is 6.92 Å². The Labute approximate surface area is 123 Å². The zero-order valence-electron chi connectivity index (χ0n) is 12.2. The summed E-state index contributed by atoms with van der Waals surface area (Å²) in [5, 5.41) is 21.4. The highest BCUT2D eigenvalue weighted by atomic mass is 16.4. The van der Waals surface area contributed by atoms with E-state index in [9.17, 15) is 9.59 Å². The minimum Gasteiger partial charge on any atom is -0.481 e. The molecule has 0 spiro atoms. The number of aromatic nitrogens is 2. The Balaban J connectivity index is 1.91. The number of urea groups is 1. The quantitative estimate of drug-likeness (QED) is 0.663. The molecule has 0 bridgehead atoms. The Morgan fingerprint density at radius 3 is 2.67 bits per heavy atom. The molecular formula is C14H22N4O3. The third-order valence-electron chi connectivity index (χ3n) is 4.05. The van der Waals surface area contributed by atoms with E-state index >= 15 is 0 Å². The van der Waals surface area contributed by atoms with Gasteiger partial charge in [-0.05, 0) is 19.8 Å². The molecule has 0 radical (unpaired) electrons. The first-order valence-electron chi connectivity index (χ1n) is 7.27. The van der Waals surface area contributed by atoms with Crippen LogP contribution in [-0.2, 0) is 11.3 Å². The lowest BCUT2D eigenvalue weighted by Crippen LogP contribution is -2.54. The Kier molecular flexibility index (Phi) is 4.82. The van der Waals surface area contributed by atoms with Gasteiger partial charge in [0.25, 0.3) is 0 Å². The maximum Gasteiger partial charge on any atom is 0.315 e. The lowest BCUT2D eigenvalue weighted by molar-refractivity contribution is -0.139. The summed E-state index contributed by atoms with van der Waals surface area (Å²) in [6.45, 7) is 2.26. The highest BCUT2D eigenvalue weighted by Crippen LogP contribution is 2.31. The van der Waals surface area contributed by atoms with E-state index < -0.39 is 11.5 Å². The fourth-order valence-electron chi connectivity index (χ4n) is 2.88. The highest BCUT2D eigenvalue weighted by molar-refractivity contribution is 5.76. The first kappa shape index (κ1) is 15.3. The summed E-state index contributed by atoms with van der Waals surface area (Å²) in [6, 6.07) is -0.321. The van der Waals surface area contributed by atoms with Crippen molar-refractivity contribution < 1.29 is 14.7 Å². The Hall–Kier alpha value is -2.05. The summed E-state index contributed by atoms with van der Waals surface area (Å²) in [5.74, 6) is -0.872. The standard InChI is InChI=1S/C14H22N4O3/c1-10-11(9-16-18-10)8-15-13(21)17-14(7-12(19)20)5-3-2-4-6-14/h9H,2-8H2,1H3,(H,16,18)(H,19,20)(H2,15,17,21). The van der Waals surface area contributed by atoms with Crippen molar-refractivity contribution in [2.75, 3.05) is 0 Å². The summed E-state index contributed by atoms with van der Waals surface area (Å²) in [4.78, 5) is 23.1. The van der Waals surface area contributed by atoms with E-state index in [1.54, 1.807) is 6.20 Å². The third kappa shape index (κ3) is 4.21. The lowest BCUT2D eigenvalue weighted by atomic mass is 9.79. The van der Waals surface area contributed by atoms with Crippen LogP contribution in [-0.4, -0.2) is 32.8 Å². The summed E-state index contributed by atoms with van der Waals surface area (Å²) in [5.41, 5.74) is 1.22. The molecule has 0 saturated heterocycles. The van der Waals surface area contributed by atoms with Gasteiger partial charge in [0.1, 0.15) is 0 Å². The fourth-order valence-corrected chi connectivity index (χ4v) is 2.88. The molecule has 0 aromatic carbocycles. The molecule has 0 atom stereocenters. The van der Waals surface area contributed by atoms with Gasteiger partial charge in [-0.15, -0.1) is 0 Å². The van der Waals surface area contributed by atoms with Gasteiger partial charge in [-0.1, -0.05) is 19.3 Å². The van der Waals surface area contributed by atoms with Gasteiger partial charge in [-0.3, -0.25) is 9.89 Å². The Bertz CT molecular complexity index is 506. The van der Waals surface area contributed by atoms with Gasteiger partial charge in [0.05, 0.1) is 18.2 Å². The molecule has 116 valence electrons. The molecule has 1 fully saturated rings. The predicted molar refractivity (Wildman–Crippen MR) is 76.8 cm³/mol. The maximum atomic E-state index is 12.1. The van der Waals surface area contributed by atoms with Gasteiger partial charge in [0, 0.05) is 17.8 Å². The molecule has 1 heterocycles. The van der Waals surface area contributed by atoms with Crippen LogP contribution in [0.4, 0.5) is 4.79 Å². The molecule has 1 aliphatic rings. The van der Waals surface area contributed by atoms with Crippen LogP contribution >= 0.6 is 0 Å². The maximum absolute atomic E-state index is 12.1. The number of aryl methyl sites for hydroxylation is 1. The minimum atomic E-state index is -0.872. The predicted octanol–water partition coefficient (Wildman–Crippen LogP) is 1.69. The van der Waals surface area contributed by atoms with E-state index in [4.69, 9.17) is 5.11 Å². The molecule has 7 nitrogen and oxygen atoms in total. The summed E-state index contributed by atoms with van der Waals surface area (Å²) < 4.78 is 0. The Morgan fingerprint density at radius 2 is 2.10 bits per heavy atom. The fraction of sp³-hybridized carbons (Fsp3) is 0.643. The molecule has 7 heteroatoms. The molecule has 1 aromatic rings. The van der Waals surface area contributed by atoms with Crippen molar-refractivity contribution in [2.24, 2.45) is 0 Å². The number of aliphatic carboxylic acids is 1. The van der Waals surface area contributed by atoms with Crippen LogP contribution in [0.1, 0.15) is 49.8 Å². The van der Waals surface area contributed by atoms with Crippen LogP contribution in [0.2, 0.25) is 0 Å². The van der Waals surface area contributed by atoms with Crippen molar-refractivity contribution in [2.45, 2.75) is 57.5 Å². The molecule has 2 rings (SSSR count). The number of nitrogens with zero attached hydrogens (tertiary/aromatic N) is 1. The van der Waals surface area contributed by atoms with Gasteiger partial charge >= 0.3 is 12.0 Å². The van der Waals surface area contributed by atoms with Gasteiger partial charge in [-0.25, -0.2) is 4.79 Å². The number of rotatable bonds is 5. The molecule has 1 aromatic heterocycles. The number of hydrogen-bond acceptors (Lipinski definition) is 3. The van der Waals surface area contributed by atoms with Gasteiger partial charge < -0.3 is 15.7 Å². The van der Waals surface area contributed by atoms with Gasteiger partial charge in [-0.2, -0.15) is 5.10 Å². The first-order chi connectivity index (χ1) is 10.0. The van der Waals surface area contributed by atoms with Crippen molar-refractivity contribution in [3.8, 4) is 0 Å². The first-order valence-corrected chi connectivity index (χ1v) is 7.27. The lowest BCUT2D eigenvalue weighted by Gasteiger charge is -2.36. The number of carbonyl (C=O) groups is 2. The molecule has 4 N–H and O–H groups in total. The average molecular weight is 294 g/mol. The summed E-state index contributed by atoms with van der Waals surface area (Å²) in [7, 11) is 0. The number of aromatic amines is 1. The number of carboxylic acid groups (broad SMARTS) is 1. The molecule has 0 aliphatic heterocycles. The van der Waals surface area contributed by atoms with Gasteiger partial charge in [0.2, 0.25) is 0 Å². The minimum absolute atomic E-state index is 0.0227. The molecule has 1 saturated carbocycles. The second-order valence-corrected chi connectivity index (χ2v) is 5.74. The van der Waals surface area contributed by atoms with Crippen LogP contribution in [0.5, 0.6) is 0 Å². The number of amides is 2. The van der Waals surface area contributed by atoms with Crippen molar-refractivity contribution >= 4 is 12.0 Å². The van der Waals surface area contributed by atoms with E-state index in [-0.39, 0.29) is 12.5 Å². The van der Waals surface area contributed by atoms with E-state index in [0.29, 0.717) is 6.54 Å². The van der Waals surface area contributed by atoms with Crippen molar-refractivity contribution in [1.82, 2.24) is 20.8 Å². The second kappa shape index (κ2) is 6.60. The highest BCUT2D eigenvalue weighted by Gasteiger charge is 2.35. The zero-order chi connectivity index (χ0) is 15.3. The summed E-state index contributed by atoms with van der Waals surface area (Å²) in [6.07, 6.45) is 6.09. The van der Waals surface area contributed by atoms with E-state index in [2.05, 4.69) is 20.8 Å². The molecule has 0 unspecified atom stereocenters. The van der Waals surface area contributed by atoms with Crippen molar-refractivity contribution in [3.05, 3.63) is 17.5 Å². The van der Waals surface area contributed by atoms with Crippen LogP contribution in [0.25, 0.3) is 0 Å². The third-order valence-corrected chi connectivity index (χ3v) is 4.05. The molecule has 2 amide bonds. The SMILES string of the molecule is Cc1[nH]ncc1CNC(=O)NC1(CC(=O)O)CCCCC1. The monoisotopic (exact) mass is 294 g/mol. The number of H-pyrrole nitrogens is 1. The van der Waals surface area contributed by atoms with Crippen LogP contribution in [0.15, 0.2) is 6.20 Å². The second-order valence-electron chi connectivity index (χ2n) is 5.74. The van der Waals surface area contributed by atoms with E-state index in [1.165, 1.54) is 0 Å².